The molecule has 152 valence electrons. The summed E-state index contributed by atoms with van der Waals surface area (Å²) in [4.78, 5) is 10.4. The molecule has 0 spiro atoms. The van der Waals surface area contributed by atoms with Gasteiger partial charge in [0, 0.05) is 41.0 Å². The molecule has 1 saturated carbocycles. The first-order valence-corrected chi connectivity index (χ1v) is 10.4. The van der Waals surface area contributed by atoms with Crippen LogP contribution in [0, 0.1) is 0 Å². The number of aromatic amines is 1. The number of methoxy groups -OCH3 is 1. The zero-order valence-corrected chi connectivity index (χ0v) is 17.8. The molecule has 1 N–H and O–H groups in total. The fourth-order valence-corrected chi connectivity index (χ4v) is 3.71. The number of H-pyrrole nitrogens is 1. The maximum Gasteiger partial charge on any atom is 0.163 e. The molecular weight excluding hydrogens is 350 g/mol. The van der Waals surface area contributed by atoms with Crippen LogP contribution in [0.5, 0.6) is 11.5 Å². The lowest BCUT2D eigenvalue weighted by atomic mass is 9.81. The summed E-state index contributed by atoms with van der Waals surface area (Å²) in [6.45, 7) is 5.68. The molecule has 3 aromatic rings. The Morgan fingerprint density at radius 2 is 1.93 bits per heavy atom. The van der Waals surface area contributed by atoms with E-state index in [1.807, 2.05) is 20.0 Å². The Kier molecular flexibility index (Phi) is 6.79. The van der Waals surface area contributed by atoms with E-state index in [1.54, 1.807) is 7.11 Å². The molecular formula is C23H33N3O2. The summed E-state index contributed by atoms with van der Waals surface area (Å²) in [6, 6.07) is 6.22. The van der Waals surface area contributed by atoms with Crippen LogP contribution in [0.1, 0.15) is 51.1 Å². The van der Waals surface area contributed by atoms with E-state index in [-0.39, 0.29) is 0 Å². The topological polar surface area (TPSA) is 50.4 Å². The number of pyridine rings is 1. The van der Waals surface area contributed by atoms with Gasteiger partial charge in [-0.1, -0.05) is 20.3 Å². The van der Waals surface area contributed by atoms with Crippen LogP contribution < -0.4 is 9.47 Å². The van der Waals surface area contributed by atoms with Gasteiger partial charge in [0.05, 0.1) is 24.9 Å². The number of fused-ring (bicyclic) bond motifs is 3. The molecule has 0 amide bonds. The van der Waals surface area contributed by atoms with Crippen molar-refractivity contribution < 1.29 is 9.47 Å². The van der Waals surface area contributed by atoms with Crippen molar-refractivity contribution in [2.24, 2.45) is 0 Å². The molecule has 5 nitrogen and oxygen atoms in total. The van der Waals surface area contributed by atoms with Gasteiger partial charge < -0.3 is 19.4 Å². The van der Waals surface area contributed by atoms with Crippen LogP contribution in [-0.4, -0.2) is 49.2 Å². The average Bonchev–Trinajstić information content (AvgIpc) is 3.02. The molecule has 1 aliphatic carbocycles. The van der Waals surface area contributed by atoms with Gasteiger partial charge in [-0.25, -0.2) is 0 Å². The predicted molar refractivity (Wildman–Crippen MR) is 117 cm³/mol. The molecule has 0 atom stereocenters. The average molecular weight is 384 g/mol. The maximum atomic E-state index is 6.01. The van der Waals surface area contributed by atoms with Gasteiger partial charge in [0.15, 0.2) is 11.5 Å². The number of nitrogens with zero attached hydrogens (tertiary/aromatic N) is 2. The van der Waals surface area contributed by atoms with E-state index < -0.39 is 0 Å². The van der Waals surface area contributed by atoms with Crippen LogP contribution in [0.3, 0.4) is 0 Å². The number of hydrogen-bond acceptors (Lipinski definition) is 4. The van der Waals surface area contributed by atoms with E-state index in [1.165, 1.54) is 35.7 Å². The van der Waals surface area contributed by atoms with Crippen LogP contribution >= 0.6 is 0 Å². The van der Waals surface area contributed by atoms with Gasteiger partial charge >= 0.3 is 0 Å². The van der Waals surface area contributed by atoms with Crippen LogP contribution in [0.2, 0.25) is 0 Å². The van der Waals surface area contributed by atoms with Crippen molar-refractivity contribution in [3.8, 4) is 11.5 Å². The molecule has 28 heavy (non-hydrogen) atoms. The Labute approximate surface area is 168 Å². The molecule has 4 rings (SSSR count). The first-order valence-electron chi connectivity index (χ1n) is 10.4. The van der Waals surface area contributed by atoms with E-state index in [4.69, 9.17) is 14.5 Å². The Balaban J connectivity index is 0.00000109. The zero-order chi connectivity index (χ0) is 20.1. The monoisotopic (exact) mass is 383 g/mol. The first-order chi connectivity index (χ1) is 13.7. The van der Waals surface area contributed by atoms with Gasteiger partial charge in [-0.2, -0.15) is 0 Å². The third-order valence-electron chi connectivity index (χ3n) is 5.32. The lowest BCUT2D eigenvalue weighted by Gasteiger charge is -2.25. The van der Waals surface area contributed by atoms with Gasteiger partial charge in [0.1, 0.15) is 0 Å². The Bertz CT molecular complexity index is 913. The van der Waals surface area contributed by atoms with Gasteiger partial charge in [0.2, 0.25) is 0 Å². The van der Waals surface area contributed by atoms with Crippen molar-refractivity contribution >= 4 is 21.8 Å². The highest BCUT2D eigenvalue weighted by atomic mass is 16.5. The molecule has 1 aliphatic rings. The summed E-state index contributed by atoms with van der Waals surface area (Å²) in [7, 11) is 5.85. The number of ether oxygens (including phenoxy) is 2. The Hall–Kier alpha value is -2.27. The van der Waals surface area contributed by atoms with Crippen molar-refractivity contribution in [2.45, 2.75) is 45.4 Å². The highest BCUT2D eigenvalue weighted by molar-refractivity contribution is 6.09. The summed E-state index contributed by atoms with van der Waals surface area (Å²) >= 11 is 0. The third-order valence-corrected chi connectivity index (χ3v) is 5.32. The van der Waals surface area contributed by atoms with Gasteiger partial charge in [0.25, 0.3) is 0 Å². The molecule has 0 bridgehead atoms. The standard InChI is InChI=1S/C21H27N3O2.C2H6/c1-24(2)10-5-11-26-19-13-17-15(12-18(19)25-3)20-16(23-17)8-9-22-21(20)14-6-4-7-14;1-2/h8-9,12-14,23H,4-7,10-11H2,1-3H3;1-2H3. The number of aromatic nitrogens is 2. The minimum absolute atomic E-state index is 0.589. The number of hydrogen-bond donors (Lipinski definition) is 1. The fourth-order valence-electron chi connectivity index (χ4n) is 3.71. The maximum absolute atomic E-state index is 6.01. The van der Waals surface area contributed by atoms with Crippen molar-refractivity contribution in [2.75, 3.05) is 34.4 Å². The van der Waals surface area contributed by atoms with E-state index in [9.17, 15) is 0 Å². The highest BCUT2D eigenvalue weighted by Gasteiger charge is 2.24. The zero-order valence-electron chi connectivity index (χ0n) is 17.8. The summed E-state index contributed by atoms with van der Waals surface area (Å²) in [5.41, 5.74) is 3.45. The van der Waals surface area contributed by atoms with Crippen LogP contribution in [0.4, 0.5) is 0 Å². The number of benzene rings is 1. The minimum atomic E-state index is 0.589. The van der Waals surface area contributed by atoms with E-state index in [0.29, 0.717) is 12.5 Å². The van der Waals surface area contributed by atoms with Crippen molar-refractivity contribution in [1.82, 2.24) is 14.9 Å². The Morgan fingerprint density at radius 1 is 1.14 bits per heavy atom. The normalized spacial score (nSPS) is 14.1. The summed E-state index contributed by atoms with van der Waals surface area (Å²) in [5.74, 6) is 2.17. The van der Waals surface area contributed by atoms with Gasteiger partial charge in [-0.3, -0.25) is 4.98 Å². The number of nitrogens with one attached hydrogen (secondary N) is 1. The third kappa shape index (κ3) is 4.09. The molecule has 2 aromatic heterocycles. The summed E-state index contributed by atoms with van der Waals surface area (Å²) in [6.07, 6.45) is 6.68. The summed E-state index contributed by atoms with van der Waals surface area (Å²) < 4.78 is 11.6. The van der Waals surface area contributed by atoms with Crippen molar-refractivity contribution in [3.63, 3.8) is 0 Å². The molecule has 0 radical (unpaired) electrons. The predicted octanol–water partition coefficient (Wildman–Crippen LogP) is 5.35. The molecule has 0 aliphatic heterocycles. The quantitative estimate of drug-likeness (QED) is 0.559. The minimum Gasteiger partial charge on any atom is -0.493 e. The molecule has 2 heterocycles. The van der Waals surface area contributed by atoms with Crippen LogP contribution in [0.15, 0.2) is 24.4 Å². The first kappa shape index (κ1) is 20.5. The second-order valence-electron chi connectivity index (χ2n) is 7.43. The SMILES string of the molecule is CC.COc1cc2c(cc1OCCCN(C)C)[nH]c1ccnc(C3CCC3)c12. The van der Waals surface area contributed by atoms with Gasteiger partial charge in [-0.15, -0.1) is 0 Å². The summed E-state index contributed by atoms with van der Waals surface area (Å²) in [5, 5.41) is 2.41. The van der Waals surface area contributed by atoms with Crippen LogP contribution in [0.25, 0.3) is 21.8 Å². The lowest BCUT2D eigenvalue weighted by Crippen LogP contribution is -2.15. The molecule has 0 unspecified atom stereocenters. The molecule has 0 saturated heterocycles. The second kappa shape index (κ2) is 9.28. The lowest BCUT2D eigenvalue weighted by molar-refractivity contribution is 0.268. The second-order valence-corrected chi connectivity index (χ2v) is 7.43. The van der Waals surface area contributed by atoms with Crippen LogP contribution in [-0.2, 0) is 0 Å². The Morgan fingerprint density at radius 3 is 2.57 bits per heavy atom. The van der Waals surface area contributed by atoms with Crippen molar-refractivity contribution in [1.29, 1.82) is 0 Å². The largest absolute Gasteiger partial charge is 0.493 e. The van der Waals surface area contributed by atoms with Gasteiger partial charge in [-0.05, 0) is 45.5 Å². The highest BCUT2D eigenvalue weighted by Crippen LogP contribution is 2.42. The van der Waals surface area contributed by atoms with Crippen molar-refractivity contribution in [3.05, 3.63) is 30.1 Å². The molecule has 1 aromatic carbocycles. The molecule has 1 fully saturated rings. The smallest absolute Gasteiger partial charge is 0.163 e. The number of rotatable bonds is 7. The fraction of sp³-hybridized carbons (Fsp3) is 0.522. The van der Waals surface area contributed by atoms with E-state index in [0.717, 1.165) is 35.5 Å². The van der Waals surface area contributed by atoms with E-state index >= 15 is 0 Å². The van der Waals surface area contributed by atoms with E-state index in [2.05, 4.69) is 42.2 Å². The molecule has 5 heteroatoms.